The van der Waals surface area contributed by atoms with E-state index in [1.165, 1.54) is 0 Å². The molecule has 1 saturated heterocycles. The minimum absolute atomic E-state index is 0.0840. The Bertz CT molecular complexity index is 864. The molecule has 1 aromatic heterocycles. The average molecular weight is 383 g/mol. The molecule has 148 valence electrons. The molecule has 0 spiro atoms. The molecule has 2 aromatic rings. The minimum atomic E-state index is -0.637. The predicted molar refractivity (Wildman–Crippen MR) is 103 cm³/mol. The summed E-state index contributed by atoms with van der Waals surface area (Å²) < 4.78 is 13.5. The van der Waals surface area contributed by atoms with E-state index < -0.39 is 6.10 Å². The van der Waals surface area contributed by atoms with E-state index in [1.54, 1.807) is 11.0 Å². The molecule has 7 nitrogen and oxygen atoms in total. The number of rotatable bonds is 3. The second kappa shape index (κ2) is 7.58. The van der Waals surface area contributed by atoms with Gasteiger partial charge in [-0.25, -0.2) is 0 Å². The van der Waals surface area contributed by atoms with Gasteiger partial charge in [0.25, 0.3) is 5.91 Å². The quantitative estimate of drug-likeness (QED) is 0.808. The number of carbonyl (C=O) groups is 2. The molecule has 0 radical (unpaired) electrons. The van der Waals surface area contributed by atoms with Crippen molar-refractivity contribution >= 4 is 11.8 Å². The normalized spacial score (nSPS) is 18.9. The van der Waals surface area contributed by atoms with E-state index in [4.69, 9.17) is 9.47 Å². The highest BCUT2D eigenvalue weighted by atomic mass is 16.6. The van der Waals surface area contributed by atoms with Crippen molar-refractivity contribution < 1.29 is 19.1 Å². The Labute approximate surface area is 164 Å². The van der Waals surface area contributed by atoms with Crippen LogP contribution in [0.1, 0.15) is 11.4 Å². The van der Waals surface area contributed by atoms with Crippen LogP contribution in [0.15, 0.2) is 36.4 Å². The number of nitrogens with zero attached hydrogens (tertiary/aromatic N) is 3. The van der Waals surface area contributed by atoms with Crippen LogP contribution in [-0.4, -0.2) is 65.1 Å². The summed E-state index contributed by atoms with van der Waals surface area (Å²) in [6.07, 6.45) is -0.637. The molecule has 1 aromatic carbocycles. The number of hydrogen-bond acceptors (Lipinski definition) is 4. The van der Waals surface area contributed by atoms with E-state index in [-0.39, 0.29) is 18.4 Å². The summed E-state index contributed by atoms with van der Waals surface area (Å²) in [4.78, 5) is 29.0. The van der Waals surface area contributed by atoms with Crippen molar-refractivity contribution in [3.63, 3.8) is 0 Å². The van der Waals surface area contributed by atoms with Crippen LogP contribution in [-0.2, 0) is 16.1 Å². The zero-order valence-corrected chi connectivity index (χ0v) is 16.3. The van der Waals surface area contributed by atoms with Gasteiger partial charge < -0.3 is 23.8 Å². The van der Waals surface area contributed by atoms with Crippen LogP contribution in [0.5, 0.6) is 11.5 Å². The van der Waals surface area contributed by atoms with Gasteiger partial charge in [-0.15, -0.1) is 0 Å². The van der Waals surface area contributed by atoms with Gasteiger partial charge in [-0.1, -0.05) is 12.1 Å². The largest absolute Gasteiger partial charge is 0.485 e. The number of amides is 2. The van der Waals surface area contributed by atoms with Crippen LogP contribution < -0.4 is 9.47 Å². The molecule has 0 N–H and O–H groups in total. The second-order valence-electron chi connectivity index (χ2n) is 7.27. The fourth-order valence-corrected chi connectivity index (χ4v) is 3.71. The molecule has 28 heavy (non-hydrogen) atoms. The molecule has 0 saturated carbocycles. The van der Waals surface area contributed by atoms with E-state index in [0.29, 0.717) is 44.2 Å². The van der Waals surface area contributed by atoms with Crippen molar-refractivity contribution in [3.05, 3.63) is 47.8 Å². The third kappa shape index (κ3) is 3.56. The van der Waals surface area contributed by atoms with Crippen LogP contribution in [0.4, 0.5) is 0 Å². The van der Waals surface area contributed by atoms with Crippen molar-refractivity contribution in [2.45, 2.75) is 26.5 Å². The first-order chi connectivity index (χ1) is 13.5. The Hall–Kier alpha value is -2.96. The molecule has 1 atom stereocenters. The molecule has 1 unspecified atom stereocenters. The second-order valence-corrected chi connectivity index (χ2v) is 7.27. The van der Waals surface area contributed by atoms with Gasteiger partial charge >= 0.3 is 0 Å². The number of ether oxygens (including phenoxy) is 2. The molecule has 2 aliphatic heterocycles. The van der Waals surface area contributed by atoms with Crippen molar-refractivity contribution in [2.75, 3.05) is 32.8 Å². The molecule has 4 rings (SSSR count). The van der Waals surface area contributed by atoms with Crippen LogP contribution in [0.2, 0.25) is 0 Å². The molecule has 0 aliphatic carbocycles. The van der Waals surface area contributed by atoms with E-state index in [9.17, 15) is 9.59 Å². The van der Waals surface area contributed by atoms with E-state index in [1.807, 2.05) is 53.6 Å². The number of fused-ring (bicyclic) bond motifs is 1. The fraction of sp³-hybridized carbons (Fsp3) is 0.429. The Morgan fingerprint density at radius 1 is 0.929 bits per heavy atom. The van der Waals surface area contributed by atoms with E-state index in [2.05, 4.69) is 0 Å². The van der Waals surface area contributed by atoms with Crippen LogP contribution >= 0.6 is 0 Å². The lowest BCUT2D eigenvalue weighted by molar-refractivity contribution is -0.146. The van der Waals surface area contributed by atoms with Gasteiger partial charge in [0.2, 0.25) is 12.0 Å². The van der Waals surface area contributed by atoms with Gasteiger partial charge in [-0.05, 0) is 38.1 Å². The Morgan fingerprint density at radius 2 is 1.54 bits per heavy atom. The summed E-state index contributed by atoms with van der Waals surface area (Å²) in [6, 6.07) is 11.4. The first kappa shape index (κ1) is 18.4. The van der Waals surface area contributed by atoms with Gasteiger partial charge in [0.1, 0.15) is 13.2 Å². The van der Waals surface area contributed by atoms with Crippen molar-refractivity contribution in [3.8, 4) is 11.5 Å². The first-order valence-corrected chi connectivity index (χ1v) is 9.60. The number of benzene rings is 1. The predicted octanol–water partition coefficient (Wildman–Crippen LogP) is 1.62. The number of para-hydroxylation sites is 2. The first-order valence-electron chi connectivity index (χ1n) is 9.60. The number of piperazine rings is 1. The lowest BCUT2D eigenvalue weighted by Crippen LogP contribution is -2.55. The summed E-state index contributed by atoms with van der Waals surface area (Å²) in [5.74, 6) is 1.26. The molecule has 2 aliphatic rings. The molecule has 0 bridgehead atoms. The van der Waals surface area contributed by atoms with Crippen LogP contribution in [0.3, 0.4) is 0 Å². The maximum absolute atomic E-state index is 12.8. The highest BCUT2D eigenvalue weighted by Crippen LogP contribution is 2.31. The lowest BCUT2D eigenvalue weighted by Gasteiger charge is -2.37. The molecule has 2 amide bonds. The maximum Gasteiger partial charge on any atom is 0.267 e. The van der Waals surface area contributed by atoms with Gasteiger partial charge in [-0.3, -0.25) is 9.59 Å². The number of carbonyl (C=O) groups excluding carboxylic acids is 2. The third-order valence-corrected chi connectivity index (χ3v) is 5.44. The zero-order chi connectivity index (χ0) is 19.7. The fourth-order valence-electron chi connectivity index (χ4n) is 3.71. The van der Waals surface area contributed by atoms with Crippen LogP contribution in [0, 0.1) is 13.8 Å². The van der Waals surface area contributed by atoms with Gasteiger partial charge in [0, 0.05) is 37.6 Å². The standard InChI is InChI=1S/C21H25N3O4/c1-15-7-8-16(2)24(15)13-20(25)22-9-11-23(12-10-22)21(26)19-14-27-17-5-3-4-6-18(17)28-19/h3-8,19H,9-14H2,1-2H3. The van der Waals surface area contributed by atoms with Gasteiger partial charge in [-0.2, -0.15) is 0 Å². The molecular weight excluding hydrogens is 358 g/mol. The van der Waals surface area contributed by atoms with E-state index in [0.717, 1.165) is 11.4 Å². The topological polar surface area (TPSA) is 64.0 Å². The SMILES string of the molecule is Cc1ccc(C)n1CC(=O)N1CCN(C(=O)C2COc3ccccc3O2)CC1. The Balaban J connectivity index is 1.32. The summed E-state index contributed by atoms with van der Waals surface area (Å²) >= 11 is 0. The average Bonchev–Trinajstić information content (AvgIpc) is 3.05. The summed E-state index contributed by atoms with van der Waals surface area (Å²) in [6.45, 7) is 6.65. The highest BCUT2D eigenvalue weighted by Gasteiger charge is 2.33. The summed E-state index contributed by atoms with van der Waals surface area (Å²) in [5, 5.41) is 0. The number of aryl methyl sites for hydroxylation is 2. The van der Waals surface area contributed by atoms with Gasteiger partial charge in [0.15, 0.2) is 11.5 Å². The molecule has 1 fully saturated rings. The maximum atomic E-state index is 12.8. The summed E-state index contributed by atoms with van der Waals surface area (Å²) in [7, 11) is 0. The smallest absolute Gasteiger partial charge is 0.267 e. The highest BCUT2D eigenvalue weighted by molar-refractivity contribution is 5.82. The Kier molecular flexibility index (Phi) is 4.98. The van der Waals surface area contributed by atoms with E-state index >= 15 is 0 Å². The van der Waals surface area contributed by atoms with Crippen LogP contribution in [0.25, 0.3) is 0 Å². The molecular formula is C21H25N3O4. The summed E-state index contributed by atoms with van der Waals surface area (Å²) in [5.41, 5.74) is 2.16. The monoisotopic (exact) mass is 383 g/mol. The number of aromatic nitrogens is 1. The van der Waals surface area contributed by atoms with Crippen molar-refractivity contribution in [1.82, 2.24) is 14.4 Å². The Morgan fingerprint density at radius 3 is 2.21 bits per heavy atom. The molecule has 3 heterocycles. The minimum Gasteiger partial charge on any atom is -0.485 e. The van der Waals surface area contributed by atoms with Crippen molar-refractivity contribution in [2.24, 2.45) is 0 Å². The van der Waals surface area contributed by atoms with Crippen molar-refractivity contribution in [1.29, 1.82) is 0 Å². The number of hydrogen-bond donors (Lipinski definition) is 0. The molecule has 7 heteroatoms. The zero-order valence-electron chi connectivity index (χ0n) is 16.3. The third-order valence-electron chi connectivity index (χ3n) is 5.44. The lowest BCUT2D eigenvalue weighted by atomic mass is 10.2. The van der Waals surface area contributed by atoms with Gasteiger partial charge in [0.05, 0.1) is 0 Å².